The minimum Gasteiger partial charge on any atom is -0.394 e. The minimum absolute atomic E-state index is 0.0238. The molecule has 5 heteroatoms. The third-order valence-corrected chi connectivity index (χ3v) is 2.68. The number of rotatable bonds is 2. The highest BCUT2D eigenvalue weighted by Crippen LogP contribution is 2.38. The third-order valence-electron chi connectivity index (χ3n) is 2.68. The standard InChI is InChI=1S/C9H14N4O/c1-4-3-6(4)9(14)11-8-7(10)5(2)12-13-8/h4,6H,3,10H2,1-2H3,(H2,11,12,13,14). The van der Waals surface area contributed by atoms with Crippen molar-refractivity contribution in [3.05, 3.63) is 5.69 Å². The van der Waals surface area contributed by atoms with Crippen molar-refractivity contribution >= 4 is 17.4 Å². The molecule has 2 atom stereocenters. The summed E-state index contributed by atoms with van der Waals surface area (Å²) in [5.74, 6) is 1.12. The summed E-state index contributed by atoms with van der Waals surface area (Å²) >= 11 is 0. The van der Waals surface area contributed by atoms with Crippen molar-refractivity contribution in [2.45, 2.75) is 20.3 Å². The number of nitrogens with zero attached hydrogens (tertiary/aromatic N) is 1. The lowest BCUT2D eigenvalue weighted by Crippen LogP contribution is -2.15. The number of aryl methyl sites for hydroxylation is 1. The van der Waals surface area contributed by atoms with E-state index in [0.717, 1.165) is 12.1 Å². The Bertz CT molecular complexity index is 371. The van der Waals surface area contributed by atoms with Gasteiger partial charge in [-0.1, -0.05) is 6.92 Å². The first-order valence-corrected chi connectivity index (χ1v) is 4.71. The Morgan fingerprint density at radius 2 is 2.36 bits per heavy atom. The van der Waals surface area contributed by atoms with Crippen LogP contribution in [0.5, 0.6) is 0 Å². The Hall–Kier alpha value is -1.52. The molecule has 2 unspecified atom stereocenters. The number of nitrogens with one attached hydrogen (secondary N) is 2. The van der Waals surface area contributed by atoms with Gasteiger partial charge in [0.1, 0.15) is 0 Å². The van der Waals surface area contributed by atoms with Gasteiger partial charge in [-0.2, -0.15) is 5.10 Å². The van der Waals surface area contributed by atoms with Crippen molar-refractivity contribution in [1.82, 2.24) is 10.2 Å². The highest BCUT2D eigenvalue weighted by atomic mass is 16.2. The van der Waals surface area contributed by atoms with Crippen LogP contribution in [0.25, 0.3) is 0 Å². The number of amides is 1. The van der Waals surface area contributed by atoms with Crippen molar-refractivity contribution in [3.63, 3.8) is 0 Å². The molecule has 76 valence electrons. The number of hydrogen-bond acceptors (Lipinski definition) is 3. The van der Waals surface area contributed by atoms with Gasteiger partial charge in [0, 0.05) is 5.92 Å². The van der Waals surface area contributed by atoms with Crippen LogP contribution in [-0.2, 0) is 4.79 Å². The van der Waals surface area contributed by atoms with E-state index in [4.69, 9.17) is 5.73 Å². The number of aromatic amines is 1. The third kappa shape index (κ3) is 1.45. The van der Waals surface area contributed by atoms with E-state index >= 15 is 0 Å². The van der Waals surface area contributed by atoms with Crippen molar-refractivity contribution in [3.8, 4) is 0 Å². The van der Waals surface area contributed by atoms with Gasteiger partial charge in [0.15, 0.2) is 5.82 Å². The topological polar surface area (TPSA) is 83.8 Å². The maximum Gasteiger partial charge on any atom is 0.229 e. The molecule has 1 aromatic rings. The van der Waals surface area contributed by atoms with Gasteiger partial charge in [0.25, 0.3) is 0 Å². The number of anilines is 2. The second kappa shape index (κ2) is 3.01. The van der Waals surface area contributed by atoms with Crippen molar-refractivity contribution < 1.29 is 4.79 Å². The first-order valence-electron chi connectivity index (χ1n) is 4.71. The van der Waals surface area contributed by atoms with Gasteiger partial charge in [0.05, 0.1) is 11.4 Å². The summed E-state index contributed by atoms with van der Waals surface area (Å²) in [7, 11) is 0. The summed E-state index contributed by atoms with van der Waals surface area (Å²) in [6.45, 7) is 3.88. The van der Waals surface area contributed by atoms with Crippen LogP contribution in [0.3, 0.4) is 0 Å². The minimum atomic E-state index is 0.0238. The number of carbonyl (C=O) groups is 1. The zero-order valence-corrected chi connectivity index (χ0v) is 8.29. The summed E-state index contributed by atoms with van der Waals surface area (Å²) < 4.78 is 0. The zero-order valence-electron chi connectivity index (χ0n) is 8.29. The van der Waals surface area contributed by atoms with E-state index in [-0.39, 0.29) is 11.8 Å². The molecule has 4 N–H and O–H groups in total. The fraction of sp³-hybridized carbons (Fsp3) is 0.556. The lowest BCUT2D eigenvalue weighted by atomic mass is 10.3. The number of H-pyrrole nitrogens is 1. The molecule has 14 heavy (non-hydrogen) atoms. The van der Waals surface area contributed by atoms with E-state index in [1.807, 2.05) is 6.92 Å². The average Bonchev–Trinajstić information content (AvgIpc) is 2.80. The van der Waals surface area contributed by atoms with Crippen molar-refractivity contribution in [1.29, 1.82) is 0 Å². The van der Waals surface area contributed by atoms with Gasteiger partial charge >= 0.3 is 0 Å². The molecule has 1 aliphatic rings. The number of aromatic nitrogens is 2. The van der Waals surface area contributed by atoms with Crippen LogP contribution >= 0.6 is 0 Å². The molecule has 0 aromatic carbocycles. The largest absolute Gasteiger partial charge is 0.394 e. The lowest BCUT2D eigenvalue weighted by molar-refractivity contribution is -0.117. The molecule has 1 saturated carbocycles. The van der Waals surface area contributed by atoms with Gasteiger partial charge in [-0.25, -0.2) is 0 Å². The Balaban J connectivity index is 2.04. The molecule has 0 bridgehead atoms. The molecule has 0 radical (unpaired) electrons. The van der Waals surface area contributed by atoms with Crippen LogP contribution in [0, 0.1) is 18.8 Å². The molecule has 1 fully saturated rings. The fourth-order valence-electron chi connectivity index (χ4n) is 1.43. The monoisotopic (exact) mass is 194 g/mol. The van der Waals surface area contributed by atoms with Gasteiger partial charge in [-0.15, -0.1) is 0 Å². The summed E-state index contributed by atoms with van der Waals surface area (Å²) in [5.41, 5.74) is 7.00. The van der Waals surface area contributed by atoms with E-state index in [9.17, 15) is 4.79 Å². The molecule has 5 nitrogen and oxygen atoms in total. The Labute approximate surface area is 82.1 Å². The van der Waals surface area contributed by atoms with Gasteiger partial charge in [0.2, 0.25) is 5.91 Å². The molecule has 1 aliphatic carbocycles. The number of carbonyl (C=O) groups excluding carboxylic acids is 1. The van der Waals surface area contributed by atoms with Crippen LogP contribution in [0.15, 0.2) is 0 Å². The number of nitrogen functional groups attached to an aromatic ring is 1. The molecule has 2 rings (SSSR count). The smallest absolute Gasteiger partial charge is 0.229 e. The Kier molecular flexibility index (Phi) is 1.94. The van der Waals surface area contributed by atoms with Crippen molar-refractivity contribution in [2.24, 2.45) is 11.8 Å². The predicted octanol–water partition coefficient (Wildman–Crippen LogP) is 0.895. The van der Waals surface area contributed by atoms with Crippen LogP contribution < -0.4 is 11.1 Å². The van der Waals surface area contributed by atoms with Crippen molar-refractivity contribution in [2.75, 3.05) is 11.1 Å². The molecule has 1 amide bonds. The van der Waals surface area contributed by atoms with Gasteiger partial charge < -0.3 is 11.1 Å². The molecule has 1 heterocycles. The first-order chi connectivity index (χ1) is 6.59. The van der Waals surface area contributed by atoms with E-state index in [1.165, 1.54) is 0 Å². The molecule has 0 saturated heterocycles. The normalized spacial score (nSPS) is 24.7. The van der Waals surface area contributed by atoms with Gasteiger partial charge in [-0.3, -0.25) is 9.89 Å². The van der Waals surface area contributed by atoms with Gasteiger partial charge in [-0.05, 0) is 19.3 Å². The summed E-state index contributed by atoms with van der Waals surface area (Å²) in [5, 5.41) is 9.35. The van der Waals surface area contributed by atoms with Crippen LogP contribution in [0.4, 0.5) is 11.5 Å². The van der Waals surface area contributed by atoms with Crippen LogP contribution in [0.1, 0.15) is 19.0 Å². The number of nitrogens with two attached hydrogens (primary N) is 1. The van der Waals surface area contributed by atoms with E-state index < -0.39 is 0 Å². The number of hydrogen-bond donors (Lipinski definition) is 3. The average molecular weight is 194 g/mol. The maximum absolute atomic E-state index is 11.5. The molecule has 1 aromatic heterocycles. The summed E-state index contributed by atoms with van der Waals surface area (Å²) in [4.78, 5) is 11.5. The molecule has 0 aliphatic heterocycles. The zero-order chi connectivity index (χ0) is 10.3. The maximum atomic E-state index is 11.5. The quantitative estimate of drug-likeness (QED) is 0.653. The fourth-order valence-corrected chi connectivity index (χ4v) is 1.43. The second-order valence-electron chi connectivity index (χ2n) is 3.92. The van der Waals surface area contributed by atoms with E-state index in [0.29, 0.717) is 17.4 Å². The highest BCUT2D eigenvalue weighted by Gasteiger charge is 2.39. The first kappa shape index (κ1) is 9.05. The molecular formula is C9H14N4O. The molecule has 0 spiro atoms. The summed E-state index contributed by atoms with van der Waals surface area (Å²) in [6, 6.07) is 0. The van der Waals surface area contributed by atoms with Crippen LogP contribution in [-0.4, -0.2) is 16.1 Å². The molecular weight excluding hydrogens is 180 g/mol. The predicted molar refractivity (Wildman–Crippen MR) is 53.6 cm³/mol. The van der Waals surface area contributed by atoms with Crippen LogP contribution in [0.2, 0.25) is 0 Å². The lowest BCUT2D eigenvalue weighted by Gasteiger charge is -2.00. The Morgan fingerprint density at radius 3 is 2.79 bits per heavy atom. The second-order valence-corrected chi connectivity index (χ2v) is 3.92. The SMILES string of the molecule is Cc1[nH]nc(NC(=O)C2CC2C)c1N. The summed E-state index contributed by atoms with van der Waals surface area (Å²) in [6.07, 6.45) is 0.967. The Morgan fingerprint density at radius 1 is 1.71 bits per heavy atom. The van der Waals surface area contributed by atoms with E-state index in [1.54, 1.807) is 0 Å². The van der Waals surface area contributed by atoms with E-state index in [2.05, 4.69) is 22.4 Å². The highest BCUT2D eigenvalue weighted by molar-refractivity contribution is 5.96.